The fourth-order valence-electron chi connectivity index (χ4n) is 1.71. The minimum atomic E-state index is -0.857. The molecule has 0 saturated carbocycles. The summed E-state index contributed by atoms with van der Waals surface area (Å²) >= 11 is 3.34. The van der Waals surface area contributed by atoms with Gasteiger partial charge in [-0.25, -0.2) is 0 Å². The zero-order chi connectivity index (χ0) is 14.0. The summed E-state index contributed by atoms with van der Waals surface area (Å²) in [5.74, 6) is -0.857. The van der Waals surface area contributed by atoms with E-state index in [2.05, 4.69) is 21.2 Å². The van der Waals surface area contributed by atoms with Crippen LogP contribution in [0.4, 0.5) is 21.5 Å². The zero-order valence-electron chi connectivity index (χ0n) is 9.98. The molecular formula is C13H10BrFN2O2. The predicted molar refractivity (Wildman–Crippen MR) is 75.2 cm³/mol. The lowest BCUT2D eigenvalue weighted by molar-refractivity contribution is -0.386. The third-order valence-corrected chi connectivity index (χ3v) is 3.12. The van der Waals surface area contributed by atoms with E-state index in [4.69, 9.17) is 0 Å². The van der Waals surface area contributed by atoms with E-state index < -0.39 is 16.4 Å². The number of nitrogens with one attached hydrogen (secondary N) is 1. The predicted octanol–water partition coefficient (Wildman–Crippen LogP) is 4.55. The van der Waals surface area contributed by atoms with Crippen molar-refractivity contribution in [2.24, 2.45) is 0 Å². The number of hydrogen-bond donors (Lipinski definition) is 1. The van der Waals surface area contributed by atoms with Crippen molar-refractivity contribution in [3.63, 3.8) is 0 Å². The molecule has 2 aromatic rings. The maximum atomic E-state index is 13.5. The van der Waals surface area contributed by atoms with Crippen molar-refractivity contribution in [1.82, 2.24) is 0 Å². The highest BCUT2D eigenvalue weighted by molar-refractivity contribution is 9.10. The van der Waals surface area contributed by atoms with Crippen LogP contribution in [-0.4, -0.2) is 4.92 Å². The van der Waals surface area contributed by atoms with Crippen molar-refractivity contribution >= 4 is 33.0 Å². The smallest absolute Gasteiger partial charge is 0.327 e. The Morgan fingerprint density at radius 2 is 2.00 bits per heavy atom. The molecule has 19 heavy (non-hydrogen) atoms. The summed E-state index contributed by atoms with van der Waals surface area (Å²) < 4.78 is 14.4. The second-order valence-electron chi connectivity index (χ2n) is 3.98. The molecule has 0 fully saturated rings. The molecule has 0 heterocycles. The van der Waals surface area contributed by atoms with Crippen LogP contribution < -0.4 is 5.32 Å². The van der Waals surface area contributed by atoms with E-state index in [0.717, 1.165) is 16.1 Å². The highest BCUT2D eigenvalue weighted by Gasteiger charge is 2.20. The standard InChI is InChI=1S/C13H10BrFN2O2/c1-8-7-9(14)5-6-11(8)16-12-4-2-3-10(15)13(12)17(18)19/h2-7,16H,1H3. The van der Waals surface area contributed by atoms with Gasteiger partial charge < -0.3 is 5.32 Å². The van der Waals surface area contributed by atoms with Crippen molar-refractivity contribution in [3.05, 3.63) is 62.4 Å². The van der Waals surface area contributed by atoms with Gasteiger partial charge >= 0.3 is 5.69 Å². The maximum absolute atomic E-state index is 13.5. The number of para-hydroxylation sites is 1. The van der Waals surface area contributed by atoms with Crippen molar-refractivity contribution in [1.29, 1.82) is 0 Å². The Hall–Kier alpha value is -1.95. The van der Waals surface area contributed by atoms with Crippen LogP contribution in [0.3, 0.4) is 0 Å². The molecule has 0 aliphatic rings. The van der Waals surface area contributed by atoms with Crippen LogP contribution >= 0.6 is 15.9 Å². The number of aryl methyl sites for hydroxylation is 1. The first-order chi connectivity index (χ1) is 8.99. The Balaban J connectivity index is 2.44. The summed E-state index contributed by atoms with van der Waals surface area (Å²) in [5.41, 5.74) is 1.17. The van der Waals surface area contributed by atoms with E-state index in [-0.39, 0.29) is 5.69 Å². The molecule has 0 aliphatic carbocycles. The number of benzene rings is 2. The normalized spacial score (nSPS) is 10.3. The van der Waals surface area contributed by atoms with Gasteiger partial charge in [-0.15, -0.1) is 0 Å². The summed E-state index contributed by atoms with van der Waals surface area (Å²) in [4.78, 5) is 10.2. The first-order valence-corrected chi connectivity index (χ1v) is 6.24. The number of nitrogens with zero attached hydrogens (tertiary/aromatic N) is 1. The van der Waals surface area contributed by atoms with E-state index in [9.17, 15) is 14.5 Å². The van der Waals surface area contributed by atoms with Gasteiger partial charge in [0.15, 0.2) is 0 Å². The average Bonchev–Trinajstić information content (AvgIpc) is 2.32. The lowest BCUT2D eigenvalue weighted by atomic mass is 10.2. The van der Waals surface area contributed by atoms with Gasteiger partial charge in [-0.1, -0.05) is 22.0 Å². The average molecular weight is 325 g/mol. The van der Waals surface area contributed by atoms with E-state index in [1.54, 1.807) is 12.1 Å². The van der Waals surface area contributed by atoms with Crippen molar-refractivity contribution < 1.29 is 9.31 Å². The number of anilines is 2. The van der Waals surface area contributed by atoms with Gasteiger partial charge in [-0.3, -0.25) is 10.1 Å². The number of nitro benzene ring substituents is 1. The third kappa shape index (κ3) is 2.90. The van der Waals surface area contributed by atoms with Crippen LogP contribution in [0.2, 0.25) is 0 Å². The molecule has 0 spiro atoms. The molecule has 0 saturated heterocycles. The lowest BCUT2D eigenvalue weighted by Crippen LogP contribution is -2.00. The summed E-state index contributed by atoms with van der Waals surface area (Å²) in [6.07, 6.45) is 0. The molecule has 2 aromatic carbocycles. The SMILES string of the molecule is Cc1cc(Br)ccc1Nc1cccc(F)c1[N+](=O)[O-]. The second-order valence-corrected chi connectivity index (χ2v) is 4.89. The monoisotopic (exact) mass is 324 g/mol. The molecule has 6 heteroatoms. The van der Waals surface area contributed by atoms with E-state index >= 15 is 0 Å². The van der Waals surface area contributed by atoms with Crippen LogP contribution in [0.5, 0.6) is 0 Å². The van der Waals surface area contributed by atoms with Crippen molar-refractivity contribution in [2.75, 3.05) is 5.32 Å². The molecule has 0 amide bonds. The highest BCUT2D eigenvalue weighted by Crippen LogP contribution is 2.31. The molecular weight excluding hydrogens is 315 g/mol. The van der Waals surface area contributed by atoms with Crippen LogP contribution in [0.25, 0.3) is 0 Å². The minimum Gasteiger partial charge on any atom is -0.350 e. The summed E-state index contributed by atoms with van der Waals surface area (Å²) in [5, 5.41) is 13.8. The number of nitro groups is 1. The summed E-state index contributed by atoms with van der Waals surface area (Å²) in [6, 6.07) is 9.42. The molecule has 0 aliphatic heterocycles. The Bertz CT molecular complexity index is 647. The maximum Gasteiger partial charge on any atom is 0.327 e. The van der Waals surface area contributed by atoms with Gasteiger partial charge in [0, 0.05) is 10.2 Å². The van der Waals surface area contributed by atoms with Crippen molar-refractivity contribution in [3.8, 4) is 0 Å². The number of halogens is 2. The van der Waals surface area contributed by atoms with Crippen molar-refractivity contribution in [2.45, 2.75) is 6.92 Å². The molecule has 0 bridgehead atoms. The van der Waals surface area contributed by atoms with E-state index in [1.165, 1.54) is 12.1 Å². The molecule has 4 nitrogen and oxygen atoms in total. The Labute approximate surface area is 117 Å². The zero-order valence-corrected chi connectivity index (χ0v) is 11.6. The van der Waals surface area contributed by atoms with E-state index in [0.29, 0.717) is 5.69 Å². The molecule has 98 valence electrons. The van der Waals surface area contributed by atoms with Crippen LogP contribution in [0.1, 0.15) is 5.56 Å². The summed E-state index contributed by atoms with van der Waals surface area (Å²) in [6.45, 7) is 1.86. The first-order valence-electron chi connectivity index (χ1n) is 5.45. The number of hydrogen-bond acceptors (Lipinski definition) is 3. The molecule has 0 atom stereocenters. The quantitative estimate of drug-likeness (QED) is 0.665. The van der Waals surface area contributed by atoms with Crippen LogP contribution in [0, 0.1) is 22.9 Å². The van der Waals surface area contributed by atoms with Gasteiger partial charge in [0.05, 0.1) is 4.92 Å². The molecule has 1 N–H and O–H groups in total. The van der Waals surface area contributed by atoms with Gasteiger partial charge in [0.1, 0.15) is 5.69 Å². The Kier molecular flexibility index (Phi) is 3.80. The minimum absolute atomic E-state index is 0.135. The van der Waals surface area contributed by atoms with E-state index in [1.807, 2.05) is 13.0 Å². The van der Waals surface area contributed by atoms with Gasteiger partial charge in [0.25, 0.3) is 0 Å². The van der Waals surface area contributed by atoms with Gasteiger partial charge in [0.2, 0.25) is 5.82 Å². The molecule has 0 aromatic heterocycles. The second kappa shape index (κ2) is 5.36. The number of rotatable bonds is 3. The first kappa shape index (κ1) is 13.5. The molecule has 0 unspecified atom stereocenters. The van der Waals surface area contributed by atoms with Gasteiger partial charge in [-0.05, 0) is 42.8 Å². The van der Waals surface area contributed by atoms with Crippen LogP contribution in [0.15, 0.2) is 40.9 Å². The molecule has 0 radical (unpaired) electrons. The topological polar surface area (TPSA) is 55.2 Å². The van der Waals surface area contributed by atoms with Crippen LogP contribution in [-0.2, 0) is 0 Å². The highest BCUT2D eigenvalue weighted by atomic mass is 79.9. The molecule has 2 rings (SSSR count). The fourth-order valence-corrected chi connectivity index (χ4v) is 2.19. The Morgan fingerprint density at radius 3 is 2.63 bits per heavy atom. The van der Waals surface area contributed by atoms with Gasteiger partial charge in [-0.2, -0.15) is 4.39 Å². The summed E-state index contributed by atoms with van der Waals surface area (Å²) in [7, 11) is 0. The fraction of sp³-hybridized carbons (Fsp3) is 0.0769. The largest absolute Gasteiger partial charge is 0.350 e. The Morgan fingerprint density at radius 1 is 1.26 bits per heavy atom. The lowest BCUT2D eigenvalue weighted by Gasteiger charge is -2.10. The third-order valence-electron chi connectivity index (χ3n) is 2.63.